The topological polar surface area (TPSA) is 56.6 Å². The fraction of sp³-hybridized carbons (Fsp3) is 0.545. The van der Waals surface area contributed by atoms with Gasteiger partial charge in [-0.05, 0) is 37.8 Å². The second-order valence-corrected chi connectivity index (χ2v) is 8.09. The van der Waals surface area contributed by atoms with Crippen LogP contribution in [0.4, 0.5) is 0 Å². The molecule has 2 saturated heterocycles. The molecule has 150 valence electrons. The van der Waals surface area contributed by atoms with Gasteiger partial charge in [-0.1, -0.05) is 31.5 Å². The molecule has 0 spiro atoms. The normalized spacial score (nSPS) is 18.9. The van der Waals surface area contributed by atoms with E-state index in [0.717, 1.165) is 37.3 Å². The summed E-state index contributed by atoms with van der Waals surface area (Å²) in [5.41, 5.74) is 3.87. The van der Waals surface area contributed by atoms with Crippen LogP contribution in [0.25, 0.3) is 5.69 Å². The molecule has 2 aromatic rings. The summed E-state index contributed by atoms with van der Waals surface area (Å²) in [5.74, 6) is 0.653. The summed E-state index contributed by atoms with van der Waals surface area (Å²) in [5, 5.41) is 4.56. The molecule has 4 rings (SSSR count). The summed E-state index contributed by atoms with van der Waals surface area (Å²) in [6.07, 6.45) is 3.47. The first-order valence-corrected chi connectivity index (χ1v) is 10.2. The number of hydrogen-bond acceptors (Lipinski definition) is 4. The van der Waals surface area contributed by atoms with Crippen LogP contribution >= 0.6 is 0 Å². The van der Waals surface area contributed by atoms with Crippen molar-refractivity contribution in [2.75, 3.05) is 26.3 Å². The zero-order valence-electron chi connectivity index (χ0n) is 16.9. The van der Waals surface area contributed by atoms with E-state index in [0.29, 0.717) is 24.7 Å². The predicted octanol–water partition coefficient (Wildman–Crippen LogP) is 3.53. The molecule has 0 aliphatic carbocycles. The van der Waals surface area contributed by atoms with Gasteiger partial charge in [0, 0.05) is 19.0 Å². The number of likely N-dealkylation sites (tertiary alicyclic amines) is 1. The lowest BCUT2D eigenvalue weighted by Gasteiger charge is -2.34. The van der Waals surface area contributed by atoms with Gasteiger partial charge in [0.2, 0.25) is 0 Å². The molecule has 3 heterocycles. The van der Waals surface area contributed by atoms with Gasteiger partial charge in [-0.25, -0.2) is 4.68 Å². The molecule has 2 aliphatic rings. The molecule has 0 unspecified atom stereocenters. The number of nitrogens with zero attached hydrogens (tertiary/aromatic N) is 3. The van der Waals surface area contributed by atoms with Crippen LogP contribution < -0.4 is 0 Å². The minimum atomic E-state index is -0.0900. The van der Waals surface area contributed by atoms with Crippen molar-refractivity contribution in [3.8, 4) is 5.69 Å². The van der Waals surface area contributed by atoms with E-state index in [-0.39, 0.29) is 18.1 Å². The zero-order valence-corrected chi connectivity index (χ0v) is 16.9. The second kappa shape index (κ2) is 8.05. The fourth-order valence-corrected chi connectivity index (χ4v) is 4.16. The Hall–Kier alpha value is -2.18. The first kappa shape index (κ1) is 19.2. The minimum Gasteiger partial charge on any atom is -0.350 e. The number of amides is 1. The van der Waals surface area contributed by atoms with Gasteiger partial charge in [0.1, 0.15) is 0 Å². The third kappa shape index (κ3) is 3.71. The average Bonchev–Trinajstić information content (AvgIpc) is 3.38. The van der Waals surface area contributed by atoms with Gasteiger partial charge < -0.3 is 14.4 Å². The van der Waals surface area contributed by atoms with Crippen LogP contribution in [-0.2, 0) is 9.47 Å². The van der Waals surface area contributed by atoms with Crippen LogP contribution in [0.1, 0.15) is 54.2 Å². The molecule has 2 aliphatic heterocycles. The first-order valence-electron chi connectivity index (χ1n) is 10.2. The van der Waals surface area contributed by atoms with Gasteiger partial charge >= 0.3 is 0 Å². The highest BCUT2D eigenvalue weighted by atomic mass is 16.7. The molecule has 0 atom stereocenters. The standard InChI is InChI=1S/C22H29N3O3/c1-15(2)20-19(14-23-25(20)18-6-4-16(3)5-7-18)21(26)24-10-8-17(9-11-24)22-27-12-13-28-22/h4-7,14-15,17,22H,8-13H2,1-3H3. The Labute approximate surface area is 166 Å². The van der Waals surface area contributed by atoms with E-state index in [1.54, 1.807) is 6.20 Å². The maximum atomic E-state index is 13.3. The van der Waals surface area contributed by atoms with Gasteiger partial charge in [-0.3, -0.25) is 4.79 Å². The molecular weight excluding hydrogens is 354 g/mol. The van der Waals surface area contributed by atoms with Crippen LogP contribution in [0.15, 0.2) is 30.5 Å². The van der Waals surface area contributed by atoms with E-state index in [9.17, 15) is 4.79 Å². The first-order chi connectivity index (χ1) is 13.5. The summed E-state index contributed by atoms with van der Waals surface area (Å²) in [6.45, 7) is 9.12. The Balaban J connectivity index is 1.52. The van der Waals surface area contributed by atoms with Crippen LogP contribution in [0.5, 0.6) is 0 Å². The van der Waals surface area contributed by atoms with Crippen molar-refractivity contribution >= 4 is 5.91 Å². The number of piperidine rings is 1. The van der Waals surface area contributed by atoms with Gasteiger partial charge in [-0.15, -0.1) is 0 Å². The van der Waals surface area contributed by atoms with E-state index >= 15 is 0 Å². The highest BCUT2D eigenvalue weighted by Gasteiger charge is 2.33. The largest absolute Gasteiger partial charge is 0.350 e. The lowest BCUT2D eigenvalue weighted by Crippen LogP contribution is -2.41. The van der Waals surface area contributed by atoms with Crippen LogP contribution in [-0.4, -0.2) is 53.2 Å². The minimum absolute atomic E-state index is 0.0776. The molecule has 0 saturated carbocycles. The number of carbonyl (C=O) groups excluding carboxylic acids is 1. The quantitative estimate of drug-likeness (QED) is 0.810. The summed E-state index contributed by atoms with van der Waals surface area (Å²) >= 11 is 0. The predicted molar refractivity (Wildman–Crippen MR) is 107 cm³/mol. The van der Waals surface area contributed by atoms with E-state index in [4.69, 9.17) is 9.47 Å². The second-order valence-electron chi connectivity index (χ2n) is 8.09. The molecule has 1 amide bonds. The maximum absolute atomic E-state index is 13.3. The molecule has 1 aromatic heterocycles. The Morgan fingerprint density at radius 3 is 2.36 bits per heavy atom. The lowest BCUT2D eigenvalue weighted by molar-refractivity contribution is -0.0956. The Kier molecular flexibility index (Phi) is 5.51. The van der Waals surface area contributed by atoms with E-state index in [2.05, 4.69) is 50.1 Å². The third-order valence-corrected chi connectivity index (χ3v) is 5.72. The summed E-state index contributed by atoms with van der Waals surface area (Å²) in [7, 11) is 0. The molecule has 0 N–H and O–H groups in total. The molecule has 28 heavy (non-hydrogen) atoms. The molecule has 1 aromatic carbocycles. The number of aryl methyl sites for hydroxylation is 1. The highest BCUT2D eigenvalue weighted by molar-refractivity contribution is 5.95. The molecule has 2 fully saturated rings. The van der Waals surface area contributed by atoms with Crippen LogP contribution in [0, 0.1) is 12.8 Å². The summed E-state index contributed by atoms with van der Waals surface area (Å²) < 4.78 is 13.2. The third-order valence-electron chi connectivity index (χ3n) is 5.72. The van der Waals surface area contributed by atoms with Gasteiger partial charge in [0.15, 0.2) is 6.29 Å². The highest BCUT2D eigenvalue weighted by Crippen LogP contribution is 2.29. The van der Waals surface area contributed by atoms with Crippen LogP contribution in [0.2, 0.25) is 0 Å². The number of carbonyl (C=O) groups is 1. The Bertz CT molecular complexity index is 814. The van der Waals surface area contributed by atoms with Crippen molar-refractivity contribution in [3.63, 3.8) is 0 Å². The monoisotopic (exact) mass is 383 g/mol. The van der Waals surface area contributed by atoms with Crippen molar-refractivity contribution in [1.29, 1.82) is 0 Å². The van der Waals surface area contributed by atoms with Crippen molar-refractivity contribution < 1.29 is 14.3 Å². The van der Waals surface area contributed by atoms with Crippen molar-refractivity contribution in [3.05, 3.63) is 47.3 Å². The number of hydrogen-bond donors (Lipinski definition) is 0. The van der Waals surface area contributed by atoms with Gasteiger partial charge in [-0.2, -0.15) is 5.10 Å². The molecule has 6 heteroatoms. The van der Waals surface area contributed by atoms with Gasteiger partial charge in [0.25, 0.3) is 5.91 Å². The number of aromatic nitrogens is 2. The molecule has 0 radical (unpaired) electrons. The Morgan fingerprint density at radius 1 is 1.11 bits per heavy atom. The van der Waals surface area contributed by atoms with E-state index in [1.165, 1.54) is 5.56 Å². The molecule has 6 nitrogen and oxygen atoms in total. The Morgan fingerprint density at radius 2 is 1.75 bits per heavy atom. The van der Waals surface area contributed by atoms with Crippen molar-refractivity contribution in [2.24, 2.45) is 5.92 Å². The van der Waals surface area contributed by atoms with Crippen LogP contribution in [0.3, 0.4) is 0 Å². The zero-order chi connectivity index (χ0) is 19.7. The van der Waals surface area contributed by atoms with Crippen molar-refractivity contribution in [2.45, 2.75) is 45.8 Å². The summed E-state index contributed by atoms with van der Waals surface area (Å²) in [4.78, 5) is 15.2. The number of rotatable bonds is 4. The van der Waals surface area contributed by atoms with Crippen molar-refractivity contribution in [1.82, 2.24) is 14.7 Å². The summed E-state index contributed by atoms with van der Waals surface area (Å²) in [6, 6.07) is 8.24. The fourth-order valence-electron chi connectivity index (χ4n) is 4.16. The smallest absolute Gasteiger partial charge is 0.257 e. The van der Waals surface area contributed by atoms with Gasteiger partial charge in [0.05, 0.1) is 36.4 Å². The SMILES string of the molecule is Cc1ccc(-n2ncc(C(=O)N3CCC(C4OCCO4)CC3)c2C(C)C)cc1. The number of benzene rings is 1. The molecule has 0 bridgehead atoms. The number of ether oxygens (including phenoxy) is 2. The van der Waals surface area contributed by atoms with E-state index < -0.39 is 0 Å². The lowest BCUT2D eigenvalue weighted by atomic mass is 9.95. The molecular formula is C22H29N3O3. The average molecular weight is 383 g/mol. The maximum Gasteiger partial charge on any atom is 0.257 e. The van der Waals surface area contributed by atoms with E-state index in [1.807, 2.05) is 9.58 Å².